The topological polar surface area (TPSA) is 75.1 Å². The minimum Gasteiger partial charge on any atom is -0.478 e. The maximum Gasteiger partial charge on any atom is 0.339 e. The van der Waals surface area contributed by atoms with Gasteiger partial charge in [-0.25, -0.2) is 9.78 Å². The number of carboxylic acids is 1. The van der Waals surface area contributed by atoms with Crippen molar-refractivity contribution < 1.29 is 9.90 Å². The van der Waals surface area contributed by atoms with Crippen molar-refractivity contribution in [2.45, 2.75) is 32.7 Å². The summed E-state index contributed by atoms with van der Waals surface area (Å²) in [6.07, 6.45) is 6.43. The molecular formula is C16H17N3O2. The number of aromatic nitrogens is 2. The summed E-state index contributed by atoms with van der Waals surface area (Å²) in [5.41, 5.74) is 4.49. The van der Waals surface area contributed by atoms with Crippen LogP contribution in [0.4, 0.5) is 5.82 Å². The van der Waals surface area contributed by atoms with Gasteiger partial charge in [-0.1, -0.05) is 0 Å². The summed E-state index contributed by atoms with van der Waals surface area (Å²) in [6.45, 7) is 2.53. The highest BCUT2D eigenvalue weighted by molar-refractivity contribution is 5.93. The van der Waals surface area contributed by atoms with Gasteiger partial charge in [-0.2, -0.15) is 0 Å². The summed E-state index contributed by atoms with van der Waals surface area (Å²) in [5, 5.41) is 12.5. The normalized spacial score (nSPS) is 13.0. The lowest BCUT2D eigenvalue weighted by atomic mass is 10.1. The van der Waals surface area contributed by atoms with Crippen molar-refractivity contribution in [2.24, 2.45) is 0 Å². The number of nitrogens with zero attached hydrogens (tertiary/aromatic N) is 2. The predicted molar refractivity (Wildman–Crippen MR) is 79.5 cm³/mol. The van der Waals surface area contributed by atoms with Crippen molar-refractivity contribution in [3.8, 4) is 0 Å². The van der Waals surface area contributed by atoms with Gasteiger partial charge in [-0.15, -0.1) is 0 Å². The third-order valence-electron chi connectivity index (χ3n) is 3.87. The number of nitrogens with one attached hydrogen (secondary N) is 1. The fourth-order valence-electron chi connectivity index (χ4n) is 2.63. The SMILES string of the molecule is Cc1ccncc1CNc1nc2c(cc1C(=O)O)CCC2. The second kappa shape index (κ2) is 5.52. The van der Waals surface area contributed by atoms with Crippen LogP contribution in [0, 0.1) is 6.92 Å². The molecule has 0 spiro atoms. The number of aryl methyl sites for hydroxylation is 3. The Morgan fingerprint density at radius 3 is 3.05 bits per heavy atom. The molecule has 0 aliphatic heterocycles. The van der Waals surface area contributed by atoms with Crippen LogP contribution in [0.25, 0.3) is 0 Å². The molecule has 1 aliphatic carbocycles. The van der Waals surface area contributed by atoms with Crippen molar-refractivity contribution >= 4 is 11.8 Å². The monoisotopic (exact) mass is 283 g/mol. The number of anilines is 1. The van der Waals surface area contributed by atoms with E-state index in [9.17, 15) is 9.90 Å². The number of fused-ring (bicyclic) bond motifs is 1. The predicted octanol–water partition coefficient (Wildman–Crippen LogP) is 2.58. The molecule has 0 unspecified atom stereocenters. The average molecular weight is 283 g/mol. The van der Waals surface area contributed by atoms with Crippen LogP contribution in [0.3, 0.4) is 0 Å². The summed E-state index contributed by atoms with van der Waals surface area (Å²) in [5.74, 6) is -0.492. The lowest BCUT2D eigenvalue weighted by Gasteiger charge is -2.12. The molecule has 5 nitrogen and oxygen atoms in total. The van der Waals surface area contributed by atoms with Gasteiger partial charge in [0, 0.05) is 24.6 Å². The first kappa shape index (κ1) is 13.5. The Hall–Kier alpha value is -2.43. The molecule has 2 heterocycles. The molecule has 21 heavy (non-hydrogen) atoms. The van der Waals surface area contributed by atoms with Gasteiger partial charge >= 0.3 is 5.97 Å². The van der Waals surface area contributed by atoms with Crippen molar-refractivity contribution in [3.63, 3.8) is 0 Å². The van der Waals surface area contributed by atoms with Crippen LogP contribution in [0.1, 0.15) is 39.2 Å². The van der Waals surface area contributed by atoms with Crippen LogP contribution in [0.2, 0.25) is 0 Å². The van der Waals surface area contributed by atoms with Gasteiger partial charge in [0.15, 0.2) is 0 Å². The minimum atomic E-state index is -0.942. The van der Waals surface area contributed by atoms with Crippen molar-refractivity contribution in [1.29, 1.82) is 0 Å². The van der Waals surface area contributed by atoms with Crippen molar-refractivity contribution in [1.82, 2.24) is 9.97 Å². The van der Waals surface area contributed by atoms with E-state index in [0.717, 1.165) is 41.6 Å². The molecule has 0 atom stereocenters. The number of carboxylic acid groups (broad SMARTS) is 1. The number of aromatic carboxylic acids is 1. The highest BCUT2D eigenvalue weighted by Crippen LogP contribution is 2.25. The Balaban J connectivity index is 1.88. The molecule has 0 saturated heterocycles. The molecule has 5 heteroatoms. The minimum absolute atomic E-state index is 0.247. The highest BCUT2D eigenvalue weighted by Gasteiger charge is 2.19. The van der Waals surface area contributed by atoms with Crippen LogP contribution < -0.4 is 5.32 Å². The quantitative estimate of drug-likeness (QED) is 0.902. The summed E-state index contributed by atoms with van der Waals surface area (Å²) >= 11 is 0. The van der Waals surface area contributed by atoms with E-state index >= 15 is 0 Å². The van der Waals surface area contributed by atoms with Gasteiger partial charge in [0.25, 0.3) is 0 Å². The number of pyridine rings is 2. The zero-order valence-electron chi connectivity index (χ0n) is 11.9. The first-order chi connectivity index (χ1) is 10.1. The van der Waals surface area contributed by atoms with Crippen molar-refractivity contribution in [3.05, 3.63) is 52.5 Å². The average Bonchev–Trinajstić information content (AvgIpc) is 2.92. The molecule has 0 amide bonds. The lowest BCUT2D eigenvalue weighted by Crippen LogP contribution is -2.11. The molecule has 0 bridgehead atoms. The smallest absolute Gasteiger partial charge is 0.339 e. The van der Waals surface area contributed by atoms with E-state index < -0.39 is 5.97 Å². The second-order valence-electron chi connectivity index (χ2n) is 5.30. The van der Waals surface area contributed by atoms with E-state index in [1.54, 1.807) is 18.5 Å². The molecule has 0 fully saturated rings. The molecule has 1 aliphatic rings. The van der Waals surface area contributed by atoms with Gasteiger partial charge in [-0.3, -0.25) is 4.98 Å². The highest BCUT2D eigenvalue weighted by atomic mass is 16.4. The number of rotatable bonds is 4. The standard InChI is InChI=1S/C16H17N3O2/c1-10-5-6-17-8-12(10)9-18-15-13(16(20)21)7-11-3-2-4-14(11)19-15/h5-8H,2-4,9H2,1H3,(H,18,19)(H,20,21). The molecule has 2 N–H and O–H groups in total. The summed E-state index contributed by atoms with van der Waals surface area (Å²) < 4.78 is 0. The van der Waals surface area contributed by atoms with Crippen LogP contribution in [0.5, 0.6) is 0 Å². The Morgan fingerprint density at radius 1 is 1.43 bits per heavy atom. The van der Waals surface area contributed by atoms with Gasteiger partial charge < -0.3 is 10.4 Å². The molecule has 2 aromatic heterocycles. The molecule has 0 saturated carbocycles. The van der Waals surface area contributed by atoms with E-state index in [2.05, 4.69) is 15.3 Å². The largest absolute Gasteiger partial charge is 0.478 e. The summed E-state index contributed by atoms with van der Waals surface area (Å²) in [4.78, 5) is 20.0. The van der Waals surface area contributed by atoms with Crippen LogP contribution in [0.15, 0.2) is 24.5 Å². The molecule has 108 valence electrons. The maximum atomic E-state index is 11.4. The fourth-order valence-corrected chi connectivity index (χ4v) is 2.63. The third kappa shape index (κ3) is 2.72. The van der Waals surface area contributed by atoms with Crippen LogP contribution in [-0.2, 0) is 19.4 Å². The first-order valence-electron chi connectivity index (χ1n) is 7.04. The zero-order chi connectivity index (χ0) is 14.8. The Morgan fingerprint density at radius 2 is 2.29 bits per heavy atom. The first-order valence-corrected chi connectivity index (χ1v) is 7.04. The van der Waals surface area contributed by atoms with Crippen molar-refractivity contribution in [2.75, 3.05) is 5.32 Å². The maximum absolute atomic E-state index is 11.4. The van der Waals surface area contributed by atoms with E-state index in [1.807, 2.05) is 13.0 Å². The molecule has 2 aromatic rings. The Labute approximate surface area is 123 Å². The fraction of sp³-hybridized carbons (Fsp3) is 0.312. The van der Waals surface area contributed by atoms with Gasteiger partial charge in [0.05, 0.1) is 0 Å². The number of hydrogen-bond donors (Lipinski definition) is 2. The molecule has 0 radical (unpaired) electrons. The molecular weight excluding hydrogens is 266 g/mol. The van der Waals surface area contributed by atoms with Gasteiger partial charge in [0.1, 0.15) is 11.4 Å². The van der Waals surface area contributed by atoms with E-state index in [1.165, 1.54) is 0 Å². The lowest BCUT2D eigenvalue weighted by molar-refractivity contribution is 0.0697. The number of carbonyl (C=O) groups is 1. The number of hydrogen-bond acceptors (Lipinski definition) is 4. The third-order valence-corrected chi connectivity index (χ3v) is 3.87. The second-order valence-corrected chi connectivity index (χ2v) is 5.30. The Kier molecular flexibility index (Phi) is 3.56. The van der Waals surface area contributed by atoms with E-state index in [4.69, 9.17) is 0 Å². The Bertz CT molecular complexity index is 698. The molecule has 3 rings (SSSR count). The van der Waals surface area contributed by atoms with Gasteiger partial charge in [0.2, 0.25) is 0 Å². The zero-order valence-corrected chi connectivity index (χ0v) is 11.9. The van der Waals surface area contributed by atoms with Gasteiger partial charge in [-0.05, 0) is 55.0 Å². The summed E-state index contributed by atoms with van der Waals surface area (Å²) in [6, 6.07) is 3.70. The van der Waals surface area contributed by atoms with Crippen LogP contribution in [-0.4, -0.2) is 21.0 Å². The van der Waals surface area contributed by atoms with Crippen LogP contribution >= 0.6 is 0 Å². The summed E-state index contributed by atoms with van der Waals surface area (Å²) in [7, 11) is 0. The van der Waals surface area contributed by atoms with E-state index in [0.29, 0.717) is 12.4 Å². The molecule has 0 aromatic carbocycles. The van der Waals surface area contributed by atoms with E-state index in [-0.39, 0.29) is 5.56 Å².